The molecule has 1 aromatic rings. The summed E-state index contributed by atoms with van der Waals surface area (Å²) in [6.45, 7) is 10.1. The minimum Gasteiger partial charge on any atom is -0.356 e. The molecular weight excluding hydrogens is 234 g/mol. The van der Waals surface area contributed by atoms with E-state index in [4.69, 9.17) is 4.98 Å². The summed E-state index contributed by atoms with van der Waals surface area (Å²) in [5.41, 5.74) is 2.95. The van der Waals surface area contributed by atoms with E-state index < -0.39 is 0 Å². The monoisotopic (exact) mass is 261 g/mol. The standard InChI is InChI=1S/C16H27N3/c1-5-14-9-13(11-17-4)10-15(18-14)19-8-6-7-16(2,3)12-19/h9-10,17H,5-8,11-12H2,1-4H3. The third-order valence-electron chi connectivity index (χ3n) is 3.89. The largest absolute Gasteiger partial charge is 0.356 e. The van der Waals surface area contributed by atoms with Crippen molar-refractivity contribution in [3.05, 3.63) is 23.4 Å². The van der Waals surface area contributed by atoms with Crippen LogP contribution in [0, 0.1) is 5.41 Å². The van der Waals surface area contributed by atoms with Crippen LogP contribution < -0.4 is 10.2 Å². The highest BCUT2D eigenvalue weighted by Gasteiger charge is 2.27. The number of aryl methyl sites for hydroxylation is 1. The van der Waals surface area contributed by atoms with Crippen molar-refractivity contribution < 1.29 is 0 Å². The van der Waals surface area contributed by atoms with Crippen LogP contribution in [0.15, 0.2) is 12.1 Å². The van der Waals surface area contributed by atoms with E-state index in [-0.39, 0.29) is 0 Å². The fourth-order valence-electron chi connectivity index (χ4n) is 2.90. The maximum atomic E-state index is 4.82. The predicted octanol–water partition coefficient (Wildman–Crippen LogP) is 2.99. The lowest BCUT2D eigenvalue weighted by Gasteiger charge is -2.39. The fraction of sp³-hybridized carbons (Fsp3) is 0.688. The number of anilines is 1. The summed E-state index contributed by atoms with van der Waals surface area (Å²) in [7, 11) is 2.00. The quantitative estimate of drug-likeness (QED) is 0.903. The first-order valence-electron chi connectivity index (χ1n) is 7.43. The number of hydrogen-bond donors (Lipinski definition) is 1. The summed E-state index contributed by atoms with van der Waals surface area (Å²) in [5.74, 6) is 1.16. The molecule has 0 unspecified atom stereocenters. The fourth-order valence-corrected chi connectivity index (χ4v) is 2.90. The molecule has 0 atom stereocenters. The molecule has 1 N–H and O–H groups in total. The first kappa shape index (κ1) is 14.3. The van der Waals surface area contributed by atoms with Gasteiger partial charge in [0.25, 0.3) is 0 Å². The Morgan fingerprint density at radius 3 is 2.79 bits per heavy atom. The van der Waals surface area contributed by atoms with Crippen molar-refractivity contribution in [3.63, 3.8) is 0 Å². The van der Waals surface area contributed by atoms with E-state index in [0.717, 1.165) is 31.9 Å². The van der Waals surface area contributed by atoms with Gasteiger partial charge in [0, 0.05) is 25.3 Å². The number of nitrogens with zero attached hydrogens (tertiary/aromatic N) is 2. The van der Waals surface area contributed by atoms with Crippen LogP contribution in [0.25, 0.3) is 0 Å². The van der Waals surface area contributed by atoms with E-state index in [1.54, 1.807) is 0 Å². The molecule has 0 radical (unpaired) electrons. The molecular formula is C16H27N3. The average Bonchev–Trinajstić information content (AvgIpc) is 2.37. The Bertz CT molecular complexity index is 426. The maximum absolute atomic E-state index is 4.82. The van der Waals surface area contributed by atoms with Crippen molar-refractivity contribution in [1.82, 2.24) is 10.3 Å². The van der Waals surface area contributed by atoms with Crippen LogP contribution in [0.1, 0.15) is 44.9 Å². The lowest BCUT2D eigenvalue weighted by atomic mass is 9.84. The van der Waals surface area contributed by atoms with Crippen LogP contribution in [0.2, 0.25) is 0 Å². The molecule has 1 aliphatic heterocycles. The summed E-state index contributed by atoms with van der Waals surface area (Å²) < 4.78 is 0. The lowest BCUT2D eigenvalue weighted by molar-refractivity contribution is 0.292. The number of nitrogens with one attached hydrogen (secondary N) is 1. The SMILES string of the molecule is CCc1cc(CNC)cc(N2CCCC(C)(C)C2)n1. The summed E-state index contributed by atoms with van der Waals surface area (Å²) in [4.78, 5) is 7.28. The highest BCUT2D eigenvalue weighted by molar-refractivity contribution is 5.43. The van der Waals surface area contributed by atoms with Crippen molar-refractivity contribution in [2.45, 2.75) is 46.6 Å². The molecule has 0 aromatic carbocycles. The summed E-state index contributed by atoms with van der Waals surface area (Å²) >= 11 is 0. The van der Waals surface area contributed by atoms with Crippen molar-refractivity contribution in [3.8, 4) is 0 Å². The zero-order valence-electron chi connectivity index (χ0n) is 12.8. The molecule has 1 saturated heterocycles. The Morgan fingerprint density at radius 2 is 2.16 bits per heavy atom. The number of pyridine rings is 1. The Labute approximate surface area is 117 Å². The van der Waals surface area contributed by atoms with Gasteiger partial charge in [0.05, 0.1) is 0 Å². The van der Waals surface area contributed by atoms with Crippen molar-refractivity contribution >= 4 is 5.82 Å². The average molecular weight is 261 g/mol. The van der Waals surface area contributed by atoms with Gasteiger partial charge in [-0.3, -0.25) is 0 Å². The summed E-state index contributed by atoms with van der Waals surface area (Å²) in [5, 5.41) is 3.24. The first-order chi connectivity index (χ1) is 9.04. The molecule has 0 spiro atoms. The first-order valence-corrected chi connectivity index (χ1v) is 7.43. The zero-order chi connectivity index (χ0) is 13.9. The van der Waals surface area contributed by atoms with Crippen LogP contribution in [0.4, 0.5) is 5.82 Å². The molecule has 0 bridgehead atoms. The van der Waals surface area contributed by atoms with Crippen LogP contribution in [0.5, 0.6) is 0 Å². The van der Waals surface area contributed by atoms with E-state index in [2.05, 4.69) is 43.1 Å². The molecule has 1 aliphatic rings. The second kappa shape index (κ2) is 5.91. The van der Waals surface area contributed by atoms with Gasteiger partial charge in [-0.15, -0.1) is 0 Å². The minimum atomic E-state index is 0.408. The molecule has 19 heavy (non-hydrogen) atoms. The Balaban J connectivity index is 2.25. The van der Waals surface area contributed by atoms with Gasteiger partial charge in [-0.1, -0.05) is 20.8 Å². The summed E-state index contributed by atoms with van der Waals surface area (Å²) in [6.07, 6.45) is 3.59. The van der Waals surface area contributed by atoms with E-state index >= 15 is 0 Å². The highest BCUT2D eigenvalue weighted by Crippen LogP contribution is 2.31. The molecule has 0 amide bonds. The molecule has 0 saturated carbocycles. The van der Waals surface area contributed by atoms with Crippen LogP contribution in [-0.2, 0) is 13.0 Å². The summed E-state index contributed by atoms with van der Waals surface area (Å²) in [6, 6.07) is 4.46. The number of rotatable bonds is 4. The van der Waals surface area contributed by atoms with Crippen molar-refractivity contribution in [1.29, 1.82) is 0 Å². The van der Waals surface area contributed by atoms with E-state index in [1.807, 2.05) is 7.05 Å². The molecule has 3 nitrogen and oxygen atoms in total. The molecule has 0 aliphatic carbocycles. The molecule has 2 heterocycles. The van der Waals surface area contributed by atoms with E-state index in [9.17, 15) is 0 Å². The number of piperidine rings is 1. The molecule has 3 heteroatoms. The van der Waals surface area contributed by atoms with Gasteiger partial charge < -0.3 is 10.2 Å². The van der Waals surface area contributed by atoms with Crippen molar-refractivity contribution in [2.24, 2.45) is 5.41 Å². The Morgan fingerprint density at radius 1 is 1.37 bits per heavy atom. The smallest absolute Gasteiger partial charge is 0.129 e. The van der Waals surface area contributed by atoms with Crippen molar-refractivity contribution in [2.75, 3.05) is 25.0 Å². The van der Waals surface area contributed by atoms with Gasteiger partial charge in [-0.05, 0) is 49.4 Å². The zero-order valence-corrected chi connectivity index (χ0v) is 12.8. The van der Waals surface area contributed by atoms with Gasteiger partial charge in [-0.2, -0.15) is 0 Å². The topological polar surface area (TPSA) is 28.2 Å². The normalized spacial score (nSPS) is 18.6. The van der Waals surface area contributed by atoms with Crippen LogP contribution >= 0.6 is 0 Å². The van der Waals surface area contributed by atoms with Gasteiger partial charge in [0.2, 0.25) is 0 Å². The second-order valence-corrected chi connectivity index (χ2v) is 6.40. The third kappa shape index (κ3) is 3.69. The minimum absolute atomic E-state index is 0.408. The predicted molar refractivity (Wildman–Crippen MR) is 81.6 cm³/mol. The maximum Gasteiger partial charge on any atom is 0.129 e. The van der Waals surface area contributed by atoms with Gasteiger partial charge in [0.15, 0.2) is 0 Å². The second-order valence-electron chi connectivity index (χ2n) is 6.40. The van der Waals surface area contributed by atoms with Gasteiger partial charge in [-0.25, -0.2) is 4.98 Å². The molecule has 1 fully saturated rings. The number of hydrogen-bond acceptors (Lipinski definition) is 3. The van der Waals surface area contributed by atoms with Gasteiger partial charge in [0.1, 0.15) is 5.82 Å². The van der Waals surface area contributed by atoms with Crippen LogP contribution in [-0.4, -0.2) is 25.1 Å². The molecule has 2 rings (SSSR count). The van der Waals surface area contributed by atoms with E-state index in [1.165, 1.54) is 24.1 Å². The molecule has 106 valence electrons. The number of aromatic nitrogens is 1. The molecule has 1 aromatic heterocycles. The Hall–Kier alpha value is -1.09. The van der Waals surface area contributed by atoms with Gasteiger partial charge >= 0.3 is 0 Å². The lowest BCUT2D eigenvalue weighted by Crippen LogP contribution is -2.40. The third-order valence-corrected chi connectivity index (χ3v) is 3.89. The Kier molecular flexibility index (Phi) is 4.46. The van der Waals surface area contributed by atoms with E-state index in [0.29, 0.717) is 5.41 Å². The highest BCUT2D eigenvalue weighted by atomic mass is 15.2. The van der Waals surface area contributed by atoms with Crippen LogP contribution in [0.3, 0.4) is 0 Å².